The number of nitrogens with zero attached hydrogens (tertiary/aromatic N) is 3. The van der Waals surface area contributed by atoms with E-state index in [2.05, 4.69) is 15.3 Å². The van der Waals surface area contributed by atoms with Crippen LogP contribution in [0.25, 0.3) is 0 Å². The molecule has 0 spiro atoms. The quantitative estimate of drug-likeness (QED) is 0.137. The molecule has 5 N–H and O–H groups in total. The van der Waals surface area contributed by atoms with Crippen LogP contribution in [0.15, 0.2) is 48.5 Å². The number of anilines is 2. The zero-order valence-corrected chi connectivity index (χ0v) is 36.2. The maximum atomic E-state index is 13.3. The number of ether oxygens (including phenoxy) is 2. The summed E-state index contributed by atoms with van der Waals surface area (Å²) in [5.74, 6) is 0.579. The lowest BCUT2D eigenvalue weighted by Gasteiger charge is -2.45. The molecular weight excluding hydrogens is 832 g/mol. The van der Waals surface area contributed by atoms with Gasteiger partial charge in [0.15, 0.2) is 53.7 Å². The number of aryl methyl sites for hydroxylation is 2. The Morgan fingerprint density at radius 2 is 1.23 bits per heavy atom. The number of amides is 1. The first-order chi connectivity index (χ1) is 28.5. The van der Waals surface area contributed by atoms with Crippen molar-refractivity contribution in [3.8, 4) is 11.5 Å². The summed E-state index contributed by atoms with van der Waals surface area (Å²) in [4.78, 5) is 46.3. The van der Waals surface area contributed by atoms with Crippen LogP contribution in [0.5, 0.6) is 11.5 Å². The zero-order valence-electron chi connectivity index (χ0n) is 33.9. The van der Waals surface area contributed by atoms with Crippen LogP contribution in [0.3, 0.4) is 0 Å². The number of nitrogen functional groups attached to an aromatic ring is 2. The number of nitrogens with two attached hydrogens (primary N) is 2. The molecular formula is C42H56ClN6O9S2+. The van der Waals surface area contributed by atoms with Gasteiger partial charge in [-0.2, -0.15) is 0 Å². The van der Waals surface area contributed by atoms with Crippen molar-refractivity contribution in [2.24, 2.45) is 11.8 Å². The van der Waals surface area contributed by atoms with Crippen LogP contribution < -0.4 is 26.3 Å². The minimum absolute atomic E-state index is 0.0416. The molecule has 60 heavy (non-hydrogen) atoms. The van der Waals surface area contributed by atoms with Gasteiger partial charge in [-0.15, -0.1) is 0 Å². The van der Waals surface area contributed by atoms with Gasteiger partial charge in [0.1, 0.15) is 24.7 Å². The summed E-state index contributed by atoms with van der Waals surface area (Å²) in [5, 5.41) is 3.05. The number of hydrogen-bond donors (Lipinski definition) is 3. The van der Waals surface area contributed by atoms with E-state index in [4.69, 9.17) is 32.5 Å². The van der Waals surface area contributed by atoms with Crippen molar-refractivity contribution in [1.29, 1.82) is 0 Å². The molecule has 1 amide bonds. The van der Waals surface area contributed by atoms with Gasteiger partial charge in [0.2, 0.25) is 0 Å². The highest BCUT2D eigenvalue weighted by Gasteiger charge is 2.36. The van der Waals surface area contributed by atoms with E-state index in [-0.39, 0.29) is 101 Å². The van der Waals surface area contributed by atoms with Crippen molar-refractivity contribution in [2.45, 2.75) is 70.3 Å². The van der Waals surface area contributed by atoms with E-state index >= 15 is 0 Å². The second-order valence-corrected chi connectivity index (χ2v) is 21.6. The van der Waals surface area contributed by atoms with Crippen molar-refractivity contribution in [2.75, 3.05) is 73.9 Å². The topological polar surface area (TPSA) is 228 Å². The summed E-state index contributed by atoms with van der Waals surface area (Å²) in [7, 11) is -6.06. The molecule has 0 bridgehead atoms. The van der Waals surface area contributed by atoms with Crippen LogP contribution in [0.2, 0.25) is 5.15 Å². The number of ketones is 2. The van der Waals surface area contributed by atoms with Gasteiger partial charge in [-0.1, -0.05) is 35.9 Å². The van der Waals surface area contributed by atoms with Crippen molar-refractivity contribution >= 4 is 60.4 Å². The third-order valence-corrected chi connectivity index (χ3v) is 15.7. The smallest absolute Gasteiger partial charge is 0.274 e. The minimum atomic E-state index is -3.03. The standard InChI is InChI=1S/C42H55ClN6O9S2/c43-39-41(45)48-40(44)38(47-39)42(52)46-33-6-3-19-49(24-33,17-1-4-29-7-11-36(12-8-29)57-25-34(50)22-31-15-20-59(53,54)27-31)18-2-5-30-9-13-37(14-10-30)58-26-35(51)23-32-16-21-60(55,56)28-32/h7-14,31-33H,1-6,15-28H2,(H4-,44,45,46,48,52)/p+1/t31?,32?,33-,49?/m0/s1. The Labute approximate surface area is 357 Å². The van der Waals surface area contributed by atoms with Gasteiger partial charge in [-0.3, -0.25) is 14.4 Å². The monoisotopic (exact) mass is 887 g/mol. The van der Waals surface area contributed by atoms with Crippen LogP contribution in [0.1, 0.15) is 73.0 Å². The average molecular weight is 889 g/mol. The number of aromatic nitrogens is 2. The molecule has 15 nitrogen and oxygen atoms in total. The lowest BCUT2D eigenvalue weighted by molar-refractivity contribution is -0.933. The highest BCUT2D eigenvalue weighted by Crippen LogP contribution is 2.26. The van der Waals surface area contributed by atoms with Crippen LogP contribution in [-0.2, 0) is 42.1 Å². The number of piperidine rings is 1. The van der Waals surface area contributed by atoms with E-state index in [1.165, 1.54) is 0 Å². The molecule has 3 fully saturated rings. The Balaban J connectivity index is 1.02. The van der Waals surface area contributed by atoms with E-state index in [0.717, 1.165) is 80.3 Å². The fraction of sp³-hybridized carbons (Fsp3) is 0.548. The molecule has 4 heterocycles. The van der Waals surface area contributed by atoms with Gasteiger partial charge in [-0.05, 0) is 85.8 Å². The molecule has 6 rings (SSSR count). The highest BCUT2D eigenvalue weighted by molar-refractivity contribution is 7.91. The number of hydrogen-bond acceptors (Lipinski definition) is 13. The van der Waals surface area contributed by atoms with Gasteiger partial charge in [-0.25, -0.2) is 26.8 Å². The zero-order chi connectivity index (χ0) is 42.9. The van der Waals surface area contributed by atoms with E-state index < -0.39 is 25.6 Å². The number of halogens is 1. The Hall–Kier alpha value is -4.32. The van der Waals surface area contributed by atoms with E-state index in [9.17, 15) is 31.2 Å². The first-order valence-corrected chi connectivity index (χ1v) is 24.7. The normalized spacial score (nSPS) is 23.2. The molecule has 0 radical (unpaired) electrons. The summed E-state index contributed by atoms with van der Waals surface area (Å²) in [6.07, 6.45) is 6.64. The van der Waals surface area contributed by atoms with Gasteiger partial charge >= 0.3 is 0 Å². The third-order valence-electron chi connectivity index (χ3n) is 11.8. The van der Waals surface area contributed by atoms with Crippen molar-refractivity contribution in [1.82, 2.24) is 15.3 Å². The lowest BCUT2D eigenvalue weighted by atomic mass is 9.99. The number of carbonyl (C=O) groups excluding carboxylic acids is 3. The van der Waals surface area contributed by atoms with Crippen molar-refractivity contribution < 1.29 is 45.2 Å². The summed E-state index contributed by atoms with van der Waals surface area (Å²) in [5.41, 5.74) is 13.9. The van der Waals surface area contributed by atoms with Gasteiger partial charge in [0, 0.05) is 25.7 Å². The number of quaternary nitrogens is 1. The second kappa shape index (κ2) is 20.0. The van der Waals surface area contributed by atoms with Gasteiger partial charge < -0.3 is 30.7 Å². The summed E-state index contributed by atoms with van der Waals surface area (Å²) >= 11 is 6.07. The molecule has 3 saturated heterocycles. The number of sulfone groups is 2. The van der Waals surface area contributed by atoms with Crippen LogP contribution >= 0.6 is 11.6 Å². The molecule has 3 atom stereocenters. The lowest BCUT2D eigenvalue weighted by Crippen LogP contribution is -2.60. The van der Waals surface area contributed by atoms with E-state index in [1.807, 2.05) is 48.5 Å². The number of benzene rings is 2. The van der Waals surface area contributed by atoms with Crippen LogP contribution in [-0.4, -0.2) is 117 Å². The first kappa shape index (κ1) is 45.2. The molecule has 2 aromatic carbocycles. The van der Waals surface area contributed by atoms with Gasteiger partial charge in [0.25, 0.3) is 5.91 Å². The number of carbonyl (C=O) groups is 3. The van der Waals surface area contributed by atoms with E-state index in [0.29, 0.717) is 24.3 Å². The molecule has 3 aliphatic rings. The number of Topliss-reactive ketones (excluding diaryl/α,β-unsaturated/α-hetero) is 2. The largest absolute Gasteiger partial charge is 0.486 e. The summed E-state index contributed by atoms with van der Waals surface area (Å²) in [6.45, 7) is 3.29. The van der Waals surface area contributed by atoms with Crippen molar-refractivity contribution in [3.05, 3.63) is 70.5 Å². The molecule has 2 unspecified atom stereocenters. The predicted molar refractivity (Wildman–Crippen MR) is 229 cm³/mol. The first-order valence-electron chi connectivity index (χ1n) is 20.7. The maximum Gasteiger partial charge on any atom is 0.274 e. The van der Waals surface area contributed by atoms with Gasteiger partial charge in [0.05, 0.1) is 55.2 Å². The SMILES string of the molecule is Nc1nc(N)c(C(=O)N[C@H]2CCC[N+](CCCc3ccc(OCC(=O)CC4CCS(=O)(=O)C4)cc3)(CCCc3ccc(OCC(=O)CC4CCS(=O)(=O)C4)cc3)C2)nc1Cl. The Morgan fingerprint density at radius 3 is 1.70 bits per heavy atom. The Bertz CT molecular complexity index is 2110. The van der Waals surface area contributed by atoms with Crippen LogP contribution in [0.4, 0.5) is 11.6 Å². The number of likely N-dealkylation sites (tertiary alicyclic amines) is 1. The molecule has 3 aromatic rings. The third kappa shape index (κ3) is 13.3. The molecule has 0 saturated carbocycles. The minimum Gasteiger partial charge on any atom is -0.486 e. The van der Waals surface area contributed by atoms with E-state index in [1.54, 1.807) is 0 Å². The Kier molecular flexibility index (Phi) is 15.1. The van der Waals surface area contributed by atoms with Crippen LogP contribution in [0, 0.1) is 11.8 Å². The molecule has 3 aliphatic heterocycles. The molecule has 1 aromatic heterocycles. The fourth-order valence-corrected chi connectivity index (χ4v) is 12.6. The second-order valence-electron chi connectivity index (χ2n) is 16.7. The maximum absolute atomic E-state index is 13.3. The highest BCUT2D eigenvalue weighted by atomic mass is 35.5. The summed E-state index contributed by atoms with van der Waals surface area (Å²) in [6, 6.07) is 15.3. The molecule has 0 aliphatic carbocycles. The van der Waals surface area contributed by atoms with Crippen molar-refractivity contribution in [3.63, 3.8) is 0 Å². The number of nitrogens with one attached hydrogen (secondary N) is 1. The number of rotatable bonds is 20. The average Bonchev–Trinajstić information content (AvgIpc) is 3.73. The Morgan fingerprint density at radius 1 is 0.733 bits per heavy atom. The molecule has 326 valence electrons. The molecule has 18 heteroatoms. The summed E-state index contributed by atoms with van der Waals surface area (Å²) < 4.78 is 59.2. The predicted octanol–water partition coefficient (Wildman–Crippen LogP) is 3.81. The fourth-order valence-electron chi connectivity index (χ4n) is 8.72.